The number of hydrogen-bond donors (Lipinski definition) is 2. The molecule has 0 rings (SSSR count). The van der Waals surface area contributed by atoms with E-state index in [4.69, 9.17) is 0 Å². The Bertz CT molecular complexity index is 961. The quantitative estimate of drug-likeness (QED) is 0.0472. The molecular formula is C64H131O3P. The summed E-state index contributed by atoms with van der Waals surface area (Å²) in [7, 11) is -4.29. The molecule has 0 unspecified atom stereocenters. The van der Waals surface area contributed by atoms with Gasteiger partial charge < -0.3 is 9.79 Å². The van der Waals surface area contributed by atoms with E-state index in [0.29, 0.717) is 5.92 Å². The van der Waals surface area contributed by atoms with Crippen LogP contribution in [0.1, 0.15) is 388 Å². The van der Waals surface area contributed by atoms with Crippen molar-refractivity contribution in [2.45, 2.75) is 388 Å². The molecule has 0 radical (unpaired) electrons. The molecule has 0 aromatic rings. The Morgan fingerprint density at radius 1 is 0.279 bits per heavy atom. The smallest absolute Gasteiger partial charge is 0.324 e. The van der Waals surface area contributed by atoms with E-state index < -0.39 is 7.60 Å². The highest BCUT2D eigenvalue weighted by molar-refractivity contribution is 7.51. The maximum atomic E-state index is 14.1. The predicted octanol–water partition coefficient (Wildman–Crippen LogP) is 23.9. The first-order valence-electron chi connectivity index (χ1n) is 32.3. The molecule has 0 aliphatic heterocycles. The van der Waals surface area contributed by atoms with Gasteiger partial charge in [0.25, 0.3) is 0 Å². The zero-order valence-corrected chi connectivity index (χ0v) is 49.1. The molecule has 0 saturated carbocycles. The van der Waals surface area contributed by atoms with Crippen molar-refractivity contribution < 1.29 is 14.4 Å². The van der Waals surface area contributed by atoms with Crippen molar-refractivity contribution >= 4 is 7.60 Å². The Kier molecular flexibility index (Phi) is 50.8. The van der Waals surface area contributed by atoms with Crippen molar-refractivity contribution in [1.82, 2.24) is 0 Å². The summed E-state index contributed by atoms with van der Waals surface area (Å²) in [6.07, 6.45) is 71.0. The second-order valence-corrected chi connectivity index (χ2v) is 25.0. The van der Waals surface area contributed by atoms with Crippen molar-refractivity contribution in [2.75, 3.05) is 6.16 Å². The molecule has 0 fully saturated rings. The topological polar surface area (TPSA) is 57.5 Å². The van der Waals surface area contributed by atoms with E-state index in [0.717, 1.165) is 25.7 Å². The van der Waals surface area contributed by atoms with Crippen LogP contribution in [0.5, 0.6) is 0 Å². The van der Waals surface area contributed by atoms with Gasteiger partial charge in [-0.15, -0.1) is 0 Å². The molecule has 4 heteroatoms. The molecule has 0 aliphatic rings. The molecule has 0 aromatic carbocycles. The summed E-state index contributed by atoms with van der Waals surface area (Å²) in [6, 6.07) is 0. The standard InChI is InChI=1S/C64H131O3P/c1-7-13-19-25-31-37-43-49-55-62(56-50-44-38-32-26-20-14-8-2)64(59-53-47-41-35-29-23-17-11-5,60-54-48-42-36-30-24-18-12-6)63(61-68(65,66)67,57-51-45-39-33-27-21-15-9-3)58-52-46-40-34-28-22-16-10-4/h62H,7-61H2,1-6H3,(H2,65,66,67). The van der Waals surface area contributed by atoms with Crippen LogP contribution in [-0.4, -0.2) is 15.9 Å². The Labute approximate surface area is 431 Å². The van der Waals surface area contributed by atoms with Gasteiger partial charge in [0.05, 0.1) is 6.16 Å². The van der Waals surface area contributed by atoms with Gasteiger partial charge in [0.15, 0.2) is 0 Å². The van der Waals surface area contributed by atoms with E-state index in [1.54, 1.807) is 0 Å². The van der Waals surface area contributed by atoms with Gasteiger partial charge in [0.2, 0.25) is 0 Å². The van der Waals surface area contributed by atoms with Gasteiger partial charge in [-0.1, -0.05) is 350 Å². The first kappa shape index (κ1) is 68.2. The van der Waals surface area contributed by atoms with Gasteiger partial charge in [-0.25, -0.2) is 0 Å². The fourth-order valence-electron chi connectivity index (χ4n) is 12.9. The largest absolute Gasteiger partial charge is 0.326 e. The van der Waals surface area contributed by atoms with Crippen LogP contribution in [0, 0.1) is 16.7 Å². The van der Waals surface area contributed by atoms with Crippen LogP contribution < -0.4 is 0 Å². The lowest BCUT2D eigenvalue weighted by molar-refractivity contribution is -0.0569. The molecule has 0 heterocycles. The van der Waals surface area contributed by atoms with E-state index in [9.17, 15) is 14.4 Å². The molecule has 0 bridgehead atoms. The Morgan fingerprint density at radius 3 is 0.691 bits per heavy atom. The SMILES string of the molecule is CCCCCCCCCCC(CCCCCCCCCC)C(CCCCCCCCCC)(CCCCCCCCCC)C(CCCCCCCCCC)(CCCCCCCCCC)CP(=O)(O)O. The third-order valence-corrected chi connectivity index (χ3v) is 18.1. The molecular weight excluding hydrogens is 848 g/mol. The third kappa shape index (κ3) is 38.7. The monoisotopic (exact) mass is 979 g/mol. The van der Waals surface area contributed by atoms with Gasteiger partial charge in [-0.05, 0) is 55.3 Å². The van der Waals surface area contributed by atoms with Crippen LogP contribution >= 0.6 is 7.60 Å². The zero-order chi connectivity index (χ0) is 50.0. The maximum absolute atomic E-state index is 14.1. The molecule has 0 saturated heterocycles. The summed E-state index contributed by atoms with van der Waals surface area (Å²) in [5.74, 6) is 0.575. The van der Waals surface area contributed by atoms with Gasteiger partial charge in [0, 0.05) is 0 Å². The van der Waals surface area contributed by atoms with Crippen LogP contribution in [0.4, 0.5) is 0 Å². The summed E-state index contributed by atoms with van der Waals surface area (Å²) in [5, 5.41) is 0. The molecule has 0 aliphatic carbocycles. The van der Waals surface area contributed by atoms with Crippen molar-refractivity contribution in [1.29, 1.82) is 0 Å². The molecule has 3 nitrogen and oxygen atoms in total. The summed E-state index contributed by atoms with van der Waals surface area (Å²) in [6.45, 7) is 13.9. The molecule has 2 N–H and O–H groups in total. The summed E-state index contributed by atoms with van der Waals surface area (Å²) in [5.41, 5.74) is -0.285. The zero-order valence-electron chi connectivity index (χ0n) is 48.2. The third-order valence-electron chi connectivity index (χ3n) is 17.1. The summed E-state index contributed by atoms with van der Waals surface area (Å²) >= 11 is 0. The lowest BCUT2D eigenvalue weighted by Crippen LogP contribution is -2.50. The molecule has 0 atom stereocenters. The summed E-state index contributed by atoms with van der Waals surface area (Å²) in [4.78, 5) is 23.1. The van der Waals surface area contributed by atoms with Crippen molar-refractivity contribution in [3.05, 3.63) is 0 Å². The highest BCUT2D eigenvalue weighted by Crippen LogP contribution is 2.64. The minimum Gasteiger partial charge on any atom is -0.324 e. The first-order chi connectivity index (χ1) is 33.2. The predicted molar refractivity (Wildman–Crippen MR) is 309 cm³/mol. The summed E-state index contributed by atoms with van der Waals surface area (Å²) < 4.78 is 14.1. The highest BCUT2D eigenvalue weighted by atomic mass is 31.2. The minimum absolute atomic E-state index is 0.00302. The van der Waals surface area contributed by atoms with Crippen molar-refractivity contribution in [3.8, 4) is 0 Å². The van der Waals surface area contributed by atoms with Gasteiger partial charge in [-0.3, -0.25) is 4.57 Å². The Hall–Kier alpha value is 0.150. The normalized spacial score (nSPS) is 12.6. The van der Waals surface area contributed by atoms with Crippen LogP contribution in [0.3, 0.4) is 0 Å². The first-order valence-corrected chi connectivity index (χ1v) is 34.1. The number of hydrogen-bond acceptors (Lipinski definition) is 1. The highest BCUT2D eigenvalue weighted by Gasteiger charge is 2.55. The molecule has 0 aromatic heterocycles. The van der Waals surface area contributed by atoms with Crippen LogP contribution in [0.25, 0.3) is 0 Å². The van der Waals surface area contributed by atoms with E-state index >= 15 is 0 Å². The fraction of sp³-hybridized carbons (Fsp3) is 1.00. The van der Waals surface area contributed by atoms with Gasteiger partial charge >= 0.3 is 7.60 Å². The van der Waals surface area contributed by atoms with E-state index in [1.807, 2.05) is 0 Å². The molecule has 68 heavy (non-hydrogen) atoms. The van der Waals surface area contributed by atoms with E-state index in [2.05, 4.69) is 41.5 Å². The van der Waals surface area contributed by atoms with Gasteiger partial charge in [0.1, 0.15) is 0 Å². The van der Waals surface area contributed by atoms with E-state index in [-0.39, 0.29) is 17.0 Å². The van der Waals surface area contributed by atoms with E-state index in [1.165, 1.54) is 321 Å². The fourth-order valence-corrected chi connectivity index (χ4v) is 14.3. The second-order valence-electron chi connectivity index (χ2n) is 23.4. The van der Waals surface area contributed by atoms with Crippen LogP contribution in [0.2, 0.25) is 0 Å². The second kappa shape index (κ2) is 50.7. The molecule has 0 spiro atoms. The van der Waals surface area contributed by atoms with Crippen LogP contribution in [0.15, 0.2) is 0 Å². The maximum Gasteiger partial charge on any atom is 0.326 e. The minimum atomic E-state index is -4.29. The Morgan fingerprint density at radius 2 is 0.471 bits per heavy atom. The average molecular weight is 980 g/mol. The average Bonchev–Trinajstić information content (AvgIpc) is 3.32. The molecule has 0 amide bonds. The van der Waals surface area contributed by atoms with Crippen LogP contribution in [-0.2, 0) is 4.57 Å². The number of rotatable bonds is 58. The van der Waals surface area contributed by atoms with Gasteiger partial charge in [-0.2, -0.15) is 0 Å². The Balaban J connectivity index is 7.38. The molecule has 410 valence electrons. The van der Waals surface area contributed by atoms with Crippen molar-refractivity contribution in [2.24, 2.45) is 16.7 Å². The lowest BCUT2D eigenvalue weighted by atomic mass is 9.49. The number of unbranched alkanes of at least 4 members (excludes halogenated alkanes) is 42. The van der Waals surface area contributed by atoms with Crippen molar-refractivity contribution in [3.63, 3.8) is 0 Å². The lowest BCUT2D eigenvalue weighted by Gasteiger charge is -2.57.